The Labute approximate surface area is 219 Å². The van der Waals surface area contributed by atoms with Crippen LogP contribution in [0.4, 0.5) is 5.69 Å². The Morgan fingerprint density at radius 2 is 1.78 bits per heavy atom. The summed E-state index contributed by atoms with van der Waals surface area (Å²) in [4.78, 5) is 27.8. The van der Waals surface area contributed by atoms with Gasteiger partial charge in [0, 0.05) is 30.1 Å². The van der Waals surface area contributed by atoms with Crippen molar-refractivity contribution in [3.8, 4) is 5.75 Å². The second-order valence-electron chi connectivity index (χ2n) is 9.71. The molecule has 2 aromatic rings. The van der Waals surface area contributed by atoms with Crippen molar-refractivity contribution in [3.05, 3.63) is 59.1 Å². The number of carbonyl (C=O) groups excluding carboxylic acids is 2. The van der Waals surface area contributed by atoms with Gasteiger partial charge < -0.3 is 15.0 Å². The first-order valence-electron chi connectivity index (χ1n) is 11.7. The number of hydrogen-bond acceptors (Lipinski definition) is 5. The number of nitrogens with one attached hydrogen (secondary N) is 1. The SMILES string of the molecule is COc1cccc(CN(C(=O)CCCN(c2cccc(Cl)c2)S(C)(=O)=O)[C@@H](C)C(=O)NC(C)(C)C)c1. The number of nitrogens with zero attached hydrogens (tertiary/aromatic N) is 2. The number of carbonyl (C=O) groups is 2. The van der Waals surface area contributed by atoms with Crippen LogP contribution in [-0.4, -0.2) is 56.6 Å². The molecule has 0 saturated carbocycles. The highest BCUT2D eigenvalue weighted by Crippen LogP contribution is 2.23. The first-order chi connectivity index (χ1) is 16.7. The maximum Gasteiger partial charge on any atom is 0.242 e. The summed E-state index contributed by atoms with van der Waals surface area (Å²) >= 11 is 6.04. The number of methoxy groups -OCH3 is 1. The van der Waals surface area contributed by atoms with Gasteiger partial charge in [-0.2, -0.15) is 0 Å². The van der Waals surface area contributed by atoms with Gasteiger partial charge in [-0.3, -0.25) is 13.9 Å². The number of benzene rings is 2. The average Bonchev–Trinajstić information content (AvgIpc) is 2.77. The summed E-state index contributed by atoms with van der Waals surface area (Å²) in [5.41, 5.74) is 0.793. The first-order valence-corrected chi connectivity index (χ1v) is 13.9. The number of hydrogen-bond donors (Lipinski definition) is 1. The molecule has 1 atom stereocenters. The van der Waals surface area contributed by atoms with E-state index in [1.807, 2.05) is 39.0 Å². The molecule has 0 saturated heterocycles. The van der Waals surface area contributed by atoms with Gasteiger partial charge in [0.15, 0.2) is 0 Å². The molecule has 0 radical (unpaired) electrons. The third-order valence-electron chi connectivity index (χ3n) is 5.40. The largest absolute Gasteiger partial charge is 0.497 e. The highest BCUT2D eigenvalue weighted by atomic mass is 35.5. The normalized spacial score (nSPS) is 12.5. The Hall–Kier alpha value is -2.78. The molecule has 10 heteroatoms. The summed E-state index contributed by atoms with van der Waals surface area (Å²) < 4.78 is 31.3. The van der Waals surface area contributed by atoms with E-state index in [1.165, 1.54) is 9.21 Å². The predicted octanol–water partition coefficient (Wildman–Crippen LogP) is 4.23. The van der Waals surface area contributed by atoms with E-state index in [0.29, 0.717) is 16.5 Å². The molecule has 1 N–H and O–H groups in total. The van der Waals surface area contributed by atoms with E-state index in [9.17, 15) is 18.0 Å². The summed E-state index contributed by atoms with van der Waals surface area (Å²) in [6.07, 6.45) is 1.44. The quantitative estimate of drug-likeness (QED) is 0.463. The molecule has 0 aromatic heterocycles. The van der Waals surface area contributed by atoms with Crippen LogP contribution in [0.5, 0.6) is 5.75 Å². The molecule has 0 spiro atoms. The van der Waals surface area contributed by atoms with Crippen molar-refractivity contribution < 1.29 is 22.7 Å². The summed E-state index contributed by atoms with van der Waals surface area (Å²) in [5.74, 6) is 0.126. The summed E-state index contributed by atoms with van der Waals surface area (Å²) in [7, 11) is -2.02. The van der Waals surface area contributed by atoms with Crippen molar-refractivity contribution in [1.82, 2.24) is 10.2 Å². The van der Waals surface area contributed by atoms with Gasteiger partial charge in [0.1, 0.15) is 11.8 Å². The van der Waals surface area contributed by atoms with Gasteiger partial charge in [0.2, 0.25) is 21.8 Å². The van der Waals surface area contributed by atoms with Crippen LogP contribution >= 0.6 is 11.6 Å². The van der Waals surface area contributed by atoms with Gasteiger partial charge in [-0.15, -0.1) is 0 Å². The monoisotopic (exact) mass is 537 g/mol. The van der Waals surface area contributed by atoms with Crippen molar-refractivity contribution in [2.45, 2.75) is 58.7 Å². The first kappa shape index (κ1) is 29.5. The predicted molar refractivity (Wildman–Crippen MR) is 144 cm³/mol. The molecule has 198 valence electrons. The Kier molecular flexibility index (Phi) is 10.2. The zero-order chi connectivity index (χ0) is 27.1. The van der Waals surface area contributed by atoms with Crippen LogP contribution in [0, 0.1) is 0 Å². The second-order valence-corrected chi connectivity index (χ2v) is 12.1. The van der Waals surface area contributed by atoms with Gasteiger partial charge >= 0.3 is 0 Å². The van der Waals surface area contributed by atoms with Crippen LogP contribution in [0.1, 0.15) is 46.1 Å². The van der Waals surface area contributed by atoms with E-state index in [4.69, 9.17) is 16.3 Å². The molecule has 2 amide bonds. The number of amides is 2. The fourth-order valence-electron chi connectivity index (χ4n) is 3.66. The van der Waals surface area contributed by atoms with Crippen molar-refractivity contribution >= 4 is 39.1 Å². The van der Waals surface area contributed by atoms with E-state index in [2.05, 4.69) is 5.32 Å². The molecule has 0 aliphatic rings. The summed E-state index contributed by atoms with van der Waals surface area (Å²) in [6.45, 7) is 7.62. The molecule has 2 rings (SSSR count). The van der Waals surface area contributed by atoms with Gasteiger partial charge in [-0.05, 0) is 70.0 Å². The number of anilines is 1. The molecule has 0 fully saturated rings. The van der Waals surface area contributed by atoms with Crippen LogP contribution in [-0.2, 0) is 26.2 Å². The molecule has 8 nitrogen and oxygen atoms in total. The van der Waals surface area contributed by atoms with Crippen molar-refractivity contribution in [2.24, 2.45) is 0 Å². The van der Waals surface area contributed by atoms with E-state index in [1.54, 1.807) is 44.4 Å². The fourth-order valence-corrected chi connectivity index (χ4v) is 4.80. The zero-order valence-electron chi connectivity index (χ0n) is 21.7. The Morgan fingerprint density at radius 3 is 2.36 bits per heavy atom. The van der Waals surface area contributed by atoms with Gasteiger partial charge in [-0.1, -0.05) is 29.8 Å². The van der Waals surface area contributed by atoms with Crippen LogP contribution in [0.25, 0.3) is 0 Å². The van der Waals surface area contributed by atoms with Gasteiger partial charge in [0.25, 0.3) is 0 Å². The van der Waals surface area contributed by atoms with E-state index in [-0.39, 0.29) is 37.7 Å². The van der Waals surface area contributed by atoms with Crippen molar-refractivity contribution in [2.75, 3.05) is 24.2 Å². The van der Waals surface area contributed by atoms with Gasteiger partial charge in [0.05, 0.1) is 19.1 Å². The van der Waals surface area contributed by atoms with Crippen molar-refractivity contribution in [3.63, 3.8) is 0 Å². The third kappa shape index (κ3) is 9.02. The maximum absolute atomic E-state index is 13.4. The molecule has 0 unspecified atom stereocenters. The molecule has 0 aliphatic heterocycles. The molecular weight excluding hydrogens is 502 g/mol. The minimum absolute atomic E-state index is 0.0592. The third-order valence-corrected chi connectivity index (χ3v) is 6.83. The fraction of sp³-hybridized carbons (Fsp3) is 0.462. The van der Waals surface area contributed by atoms with Crippen LogP contribution in [0.3, 0.4) is 0 Å². The molecule has 0 aliphatic carbocycles. The van der Waals surface area contributed by atoms with Gasteiger partial charge in [-0.25, -0.2) is 8.42 Å². The number of ether oxygens (including phenoxy) is 1. The number of halogens is 1. The highest BCUT2D eigenvalue weighted by molar-refractivity contribution is 7.92. The lowest BCUT2D eigenvalue weighted by molar-refractivity contribution is -0.141. The lowest BCUT2D eigenvalue weighted by atomic mass is 10.1. The summed E-state index contributed by atoms with van der Waals surface area (Å²) in [6, 6.07) is 13.1. The molecule has 0 bridgehead atoms. The average molecular weight is 538 g/mol. The Bertz CT molecular complexity index is 1160. The number of sulfonamides is 1. The van der Waals surface area contributed by atoms with E-state index < -0.39 is 21.6 Å². The number of rotatable bonds is 11. The zero-order valence-corrected chi connectivity index (χ0v) is 23.3. The maximum atomic E-state index is 13.4. The minimum atomic E-state index is -3.59. The smallest absolute Gasteiger partial charge is 0.242 e. The molecular formula is C26H36ClN3O5S. The molecule has 2 aromatic carbocycles. The lowest BCUT2D eigenvalue weighted by Gasteiger charge is -2.32. The lowest BCUT2D eigenvalue weighted by Crippen LogP contribution is -2.52. The van der Waals surface area contributed by atoms with Crippen LogP contribution < -0.4 is 14.4 Å². The van der Waals surface area contributed by atoms with E-state index >= 15 is 0 Å². The Morgan fingerprint density at radius 1 is 1.11 bits per heavy atom. The molecule has 36 heavy (non-hydrogen) atoms. The molecule has 0 heterocycles. The Balaban J connectivity index is 2.21. The summed E-state index contributed by atoms with van der Waals surface area (Å²) in [5, 5.41) is 3.34. The van der Waals surface area contributed by atoms with Crippen LogP contribution in [0.15, 0.2) is 48.5 Å². The second kappa shape index (κ2) is 12.5. The van der Waals surface area contributed by atoms with E-state index in [0.717, 1.165) is 11.8 Å². The highest BCUT2D eigenvalue weighted by Gasteiger charge is 2.28. The topological polar surface area (TPSA) is 96.0 Å². The van der Waals surface area contributed by atoms with Crippen molar-refractivity contribution in [1.29, 1.82) is 0 Å². The minimum Gasteiger partial charge on any atom is -0.497 e. The van der Waals surface area contributed by atoms with Crippen LogP contribution in [0.2, 0.25) is 5.02 Å². The standard InChI is InChI=1S/C26H36ClN3O5S/c1-19(25(32)28-26(2,3)4)29(18-20-10-7-13-23(16-20)35-5)24(31)14-9-15-30(36(6,33)34)22-12-8-11-21(27)17-22/h7-8,10-13,16-17,19H,9,14-15,18H2,1-6H3,(H,28,32)/t19-/m0/s1.